The molecule has 0 unspecified atom stereocenters. The van der Waals surface area contributed by atoms with Gasteiger partial charge in [0.15, 0.2) is 5.69 Å². The van der Waals surface area contributed by atoms with Crippen LogP contribution in [0.5, 0.6) is 0 Å². The minimum atomic E-state index is -0.109. The quantitative estimate of drug-likeness (QED) is 0.817. The van der Waals surface area contributed by atoms with E-state index in [2.05, 4.69) is 15.6 Å². The number of amides is 2. The number of piperazine rings is 1. The van der Waals surface area contributed by atoms with Crippen LogP contribution in [0.1, 0.15) is 45.3 Å². The molecular weight excluding hydrogens is 392 g/mol. The maximum Gasteiger partial charge on any atom is 0.276 e. The van der Waals surface area contributed by atoms with Crippen molar-refractivity contribution >= 4 is 24.2 Å². The van der Waals surface area contributed by atoms with Gasteiger partial charge in [-0.2, -0.15) is 0 Å². The van der Waals surface area contributed by atoms with Gasteiger partial charge in [-0.1, -0.05) is 22.9 Å². The normalized spacial score (nSPS) is 17.7. The topological polar surface area (TPSA) is 83.4 Å². The maximum absolute atomic E-state index is 12.8. The molecule has 2 saturated heterocycles. The molecule has 9 heteroatoms. The molecule has 0 atom stereocenters. The molecule has 0 bridgehead atoms. The van der Waals surface area contributed by atoms with E-state index in [1.54, 1.807) is 16.0 Å². The van der Waals surface area contributed by atoms with Gasteiger partial charge in [-0.05, 0) is 45.0 Å². The van der Waals surface area contributed by atoms with Crippen molar-refractivity contribution in [2.45, 2.75) is 25.8 Å². The fraction of sp³-hybridized carbons (Fsp3) is 0.500. The van der Waals surface area contributed by atoms with Crippen molar-refractivity contribution in [3.05, 3.63) is 47.3 Å². The Kier molecular flexibility index (Phi) is 6.87. The summed E-state index contributed by atoms with van der Waals surface area (Å²) in [6.07, 6.45) is 3.76. The Bertz CT molecular complexity index is 839. The lowest BCUT2D eigenvalue weighted by Crippen LogP contribution is -2.50. The molecule has 1 aromatic heterocycles. The molecule has 0 radical (unpaired) electrons. The van der Waals surface area contributed by atoms with Gasteiger partial charge in [-0.25, -0.2) is 4.68 Å². The Labute approximate surface area is 176 Å². The minimum Gasteiger partial charge on any atom is -0.335 e. The van der Waals surface area contributed by atoms with Crippen molar-refractivity contribution in [3.8, 4) is 0 Å². The average molecular weight is 419 g/mol. The summed E-state index contributed by atoms with van der Waals surface area (Å²) in [5.74, 6) is -0.0911. The summed E-state index contributed by atoms with van der Waals surface area (Å²) in [6.45, 7) is 6.00. The summed E-state index contributed by atoms with van der Waals surface area (Å²) in [5, 5.41) is 11.6. The zero-order valence-corrected chi connectivity index (χ0v) is 17.4. The van der Waals surface area contributed by atoms with Crippen LogP contribution in [0, 0.1) is 6.92 Å². The molecule has 29 heavy (non-hydrogen) atoms. The fourth-order valence-corrected chi connectivity index (χ4v) is 3.78. The molecule has 2 aliphatic heterocycles. The predicted octanol–water partition coefficient (Wildman–Crippen LogP) is 1.53. The highest BCUT2D eigenvalue weighted by atomic mass is 35.5. The Balaban J connectivity index is 0.00000240. The van der Waals surface area contributed by atoms with Crippen LogP contribution < -0.4 is 5.32 Å². The number of piperidine rings is 1. The first-order valence-electron chi connectivity index (χ1n) is 9.89. The van der Waals surface area contributed by atoms with Crippen molar-refractivity contribution in [2.24, 2.45) is 0 Å². The van der Waals surface area contributed by atoms with Crippen LogP contribution in [-0.4, -0.2) is 75.9 Å². The number of nitrogens with zero attached hydrogens (tertiary/aromatic N) is 5. The lowest BCUT2D eigenvalue weighted by molar-refractivity contribution is 0.0532. The molecule has 156 valence electrons. The van der Waals surface area contributed by atoms with Crippen molar-refractivity contribution in [1.29, 1.82) is 0 Å². The second-order valence-electron chi connectivity index (χ2n) is 7.52. The zero-order chi connectivity index (χ0) is 19.5. The first-order chi connectivity index (χ1) is 13.6. The van der Waals surface area contributed by atoms with Crippen molar-refractivity contribution in [3.63, 3.8) is 0 Å². The molecule has 3 heterocycles. The predicted molar refractivity (Wildman–Crippen MR) is 111 cm³/mol. The number of hydrogen-bond acceptors (Lipinski definition) is 5. The summed E-state index contributed by atoms with van der Waals surface area (Å²) >= 11 is 0. The van der Waals surface area contributed by atoms with E-state index in [9.17, 15) is 9.59 Å². The summed E-state index contributed by atoms with van der Waals surface area (Å²) in [7, 11) is 0. The number of hydrogen-bond donors (Lipinski definition) is 1. The van der Waals surface area contributed by atoms with E-state index < -0.39 is 0 Å². The monoisotopic (exact) mass is 418 g/mol. The lowest BCUT2D eigenvalue weighted by Gasteiger charge is -2.34. The number of halogens is 1. The highest BCUT2D eigenvalue weighted by Crippen LogP contribution is 2.18. The summed E-state index contributed by atoms with van der Waals surface area (Å²) in [4.78, 5) is 29.0. The van der Waals surface area contributed by atoms with Gasteiger partial charge in [0.25, 0.3) is 11.8 Å². The minimum absolute atomic E-state index is 0. The Morgan fingerprint density at radius 3 is 2.17 bits per heavy atom. The van der Waals surface area contributed by atoms with Gasteiger partial charge < -0.3 is 15.1 Å². The maximum atomic E-state index is 12.8. The highest BCUT2D eigenvalue weighted by molar-refractivity contribution is 5.95. The van der Waals surface area contributed by atoms with E-state index >= 15 is 0 Å². The molecule has 0 aliphatic carbocycles. The van der Waals surface area contributed by atoms with E-state index in [1.807, 2.05) is 35.9 Å². The smallest absolute Gasteiger partial charge is 0.276 e. The number of carbonyl (C=O) groups is 2. The number of aryl methyl sites for hydroxylation is 1. The number of benzene rings is 1. The fourth-order valence-electron chi connectivity index (χ4n) is 3.78. The van der Waals surface area contributed by atoms with Gasteiger partial charge in [0.1, 0.15) is 0 Å². The van der Waals surface area contributed by atoms with Gasteiger partial charge in [-0.15, -0.1) is 17.5 Å². The third-order valence-electron chi connectivity index (χ3n) is 5.56. The molecule has 2 amide bonds. The van der Waals surface area contributed by atoms with Gasteiger partial charge in [0.05, 0.1) is 12.2 Å². The Hall–Kier alpha value is -2.45. The van der Waals surface area contributed by atoms with Crippen LogP contribution in [0.2, 0.25) is 0 Å². The van der Waals surface area contributed by atoms with Crippen LogP contribution >= 0.6 is 12.4 Å². The van der Waals surface area contributed by atoms with Gasteiger partial charge >= 0.3 is 0 Å². The molecule has 1 aromatic carbocycles. The van der Waals surface area contributed by atoms with E-state index in [1.165, 1.54) is 0 Å². The van der Waals surface area contributed by atoms with E-state index in [4.69, 9.17) is 0 Å². The third kappa shape index (κ3) is 4.76. The first kappa shape index (κ1) is 21.3. The highest BCUT2D eigenvalue weighted by Gasteiger charge is 2.27. The number of carbonyl (C=O) groups excluding carboxylic acids is 2. The molecule has 8 nitrogen and oxygen atoms in total. The van der Waals surface area contributed by atoms with E-state index in [0.29, 0.717) is 43.5 Å². The first-order valence-corrected chi connectivity index (χ1v) is 9.89. The van der Waals surface area contributed by atoms with Gasteiger partial charge in [0, 0.05) is 31.7 Å². The van der Waals surface area contributed by atoms with Gasteiger partial charge in [0.2, 0.25) is 0 Å². The summed E-state index contributed by atoms with van der Waals surface area (Å²) < 4.78 is 1.82. The summed E-state index contributed by atoms with van der Waals surface area (Å²) in [5.41, 5.74) is 2.21. The number of rotatable bonds is 3. The molecule has 2 aromatic rings. The van der Waals surface area contributed by atoms with E-state index in [0.717, 1.165) is 31.5 Å². The molecule has 4 rings (SSSR count). The van der Waals surface area contributed by atoms with Crippen LogP contribution in [0.25, 0.3) is 0 Å². The van der Waals surface area contributed by atoms with Crippen LogP contribution in [0.4, 0.5) is 0 Å². The molecule has 2 aliphatic rings. The molecule has 0 saturated carbocycles. The van der Waals surface area contributed by atoms with Gasteiger partial charge in [-0.3, -0.25) is 9.59 Å². The van der Waals surface area contributed by atoms with Crippen molar-refractivity contribution in [1.82, 2.24) is 30.1 Å². The van der Waals surface area contributed by atoms with E-state index in [-0.39, 0.29) is 24.2 Å². The SMILES string of the molecule is Cc1ccc(C(=O)N2CCN(C(=O)c3cn(C4CCNCC4)nn3)CC2)cc1.Cl. The van der Waals surface area contributed by atoms with Crippen LogP contribution in [-0.2, 0) is 0 Å². The van der Waals surface area contributed by atoms with Crippen molar-refractivity contribution < 1.29 is 9.59 Å². The molecule has 2 fully saturated rings. The van der Waals surface area contributed by atoms with Crippen LogP contribution in [0.3, 0.4) is 0 Å². The Morgan fingerprint density at radius 1 is 0.966 bits per heavy atom. The lowest BCUT2D eigenvalue weighted by atomic mass is 10.1. The van der Waals surface area contributed by atoms with Crippen LogP contribution in [0.15, 0.2) is 30.5 Å². The molecule has 1 N–H and O–H groups in total. The standard InChI is InChI=1S/C20H26N6O2.ClH/c1-15-2-4-16(5-3-15)19(27)24-10-12-25(13-11-24)20(28)18-14-26(23-22-18)17-6-8-21-9-7-17;/h2-5,14,17,21H,6-13H2,1H3;1H. The summed E-state index contributed by atoms with van der Waals surface area (Å²) in [6, 6.07) is 7.90. The second kappa shape index (κ2) is 9.37. The number of aromatic nitrogens is 3. The average Bonchev–Trinajstić information content (AvgIpc) is 3.24. The van der Waals surface area contributed by atoms with Crippen molar-refractivity contribution in [2.75, 3.05) is 39.3 Å². The number of nitrogens with one attached hydrogen (secondary N) is 1. The zero-order valence-electron chi connectivity index (χ0n) is 16.6. The Morgan fingerprint density at radius 2 is 1.55 bits per heavy atom. The third-order valence-corrected chi connectivity index (χ3v) is 5.56. The largest absolute Gasteiger partial charge is 0.335 e. The molecular formula is C20H27ClN6O2. The molecule has 0 spiro atoms. The second-order valence-corrected chi connectivity index (χ2v) is 7.52.